The molecule has 0 amide bonds. The lowest BCUT2D eigenvalue weighted by Gasteiger charge is -2.35. The zero-order valence-electron chi connectivity index (χ0n) is 13.5. The molecule has 0 aliphatic carbocycles. The predicted molar refractivity (Wildman–Crippen MR) is 95.0 cm³/mol. The van der Waals surface area contributed by atoms with E-state index in [4.69, 9.17) is 5.73 Å². The van der Waals surface area contributed by atoms with E-state index in [1.54, 1.807) is 6.07 Å². The lowest BCUT2D eigenvalue weighted by Crippen LogP contribution is -2.48. The van der Waals surface area contributed by atoms with Crippen molar-refractivity contribution in [3.05, 3.63) is 59.7 Å². The molecule has 1 aliphatic rings. The fraction of sp³-hybridized carbons (Fsp3) is 0.316. The largest absolute Gasteiger partial charge is 0.398 e. The van der Waals surface area contributed by atoms with Gasteiger partial charge in [0.15, 0.2) is 5.78 Å². The molecule has 120 valence electrons. The van der Waals surface area contributed by atoms with Gasteiger partial charge in [-0.2, -0.15) is 0 Å². The maximum absolute atomic E-state index is 12.4. The van der Waals surface area contributed by atoms with Crippen LogP contribution in [0.2, 0.25) is 0 Å². The van der Waals surface area contributed by atoms with Crippen LogP contribution in [0.3, 0.4) is 0 Å². The van der Waals surface area contributed by atoms with Crippen LogP contribution in [0.5, 0.6) is 0 Å². The van der Waals surface area contributed by atoms with Crippen LogP contribution in [0, 0.1) is 6.92 Å². The third-order valence-corrected chi connectivity index (χ3v) is 4.46. The molecule has 0 unspecified atom stereocenters. The first kappa shape index (κ1) is 15.6. The highest BCUT2D eigenvalue weighted by Crippen LogP contribution is 2.17. The molecule has 0 bridgehead atoms. The van der Waals surface area contributed by atoms with Gasteiger partial charge in [0, 0.05) is 43.1 Å². The van der Waals surface area contributed by atoms with Crippen LogP contribution in [-0.4, -0.2) is 43.4 Å². The van der Waals surface area contributed by atoms with Gasteiger partial charge in [-0.05, 0) is 30.7 Å². The summed E-state index contributed by atoms with van der Waals surface area (Å²) >= 11 is 0. The Morgan fingerprint density at radius 1 is 1.04 bits per heavy atom. The topological polar surface area (TPSA) is 49.6 Å². The molecule has 0 radical (unpaired) electrons. The minimum atomic E-state index is 0.143. The molecule has 4 nitrogen and oxygen atoms in total. The minimum absolute atomic E-state index is 0.143. The highest BCUT2D eigenvalue weighted by Gasteiger charge is 2.19. The maximum atomic E-state index is 12.4. The molecule has 0 spiro atoms. The van der Waals surface area contributed by atoms with Crippen molar-refractivity contribution in [2.75, 3.05) is 43.4 Å². The molecule has 0 saturated carbocycles. The first-order chi connectivity index (χ1) is 11.1. The second-order valence-electron chi connectivity index (χ2n) is 6.09. The number of aryl methyl sites for hydroxylation is 1. The Morgan fingerprint density at radius 3 is 2.39 bits per heavy atom. The van der Waals surface area contributed by atoms with E-state index in [1.807, 2.05) is 25.1 Å². The number of hydrogen-bond donors (Lipinski definition) is 1. The van der Waals surface area contributed by atoms with E-state index in [2.05, 4.69) is 34.1 Å². The lowest BCUT2D eigenvalue weighted by atomic mass is 10.1. The van der Waals surface area contributed by atoms with E-state index in [0.717, 1.165) is 31.7 Å². The van der Waals surface area contributed by atoms with Gasteiger partial charge in [-0.1, -0.05) is 30.3 Å². The number of anilines is 2. The maximum Gasteiger partial charge on any atom is 0.176 e. The first-order valence-electron chi connectivity index (χ1n) is 8.05. The molecule has 0 atom stereocenters. The van der Waals surface area contributed by atoms with Gasteiger partial charge in [0.05, 0.1) is 6.54 Å². The summed E-state index contributed by atoms with van der Waals surface area (Å²) in [4.78, 5) is 17.0. The number of piperazine rings is 1. The molecule has 0 aromatic heterocycles. The molecule has 1 fully saturated rings. The van der Waals surface area contributed by atoms with Gasteiger partial charge in [0.1, 0.15) is 0 Å². The van der Waals surface area contributed by atoms with Crippen molar-refractivity contribution >= 4 is 17.2 Å². The molecule has 2 aromatic carbocycles. The van der Waals surface area contributed by atoms with Gasteiger partial charge in [-0.15, -0.1) is 0 Å². The number of nitrogens with zero attached hydrogens (tertiary/aromatic N) is 2. The van der Waals surface area contributed by atoms with Gasteiger partial charge in [0.2, 0.25) is 0 Å². The molecule has 2 N–H and O–H groups in total. The number of ketones is 1. The fourth-order valence-corrected chi connectivity index (χ4v) is 2.91. The Kier molecular flexibility index (Phi) is 4.63. The SMILES string of the molecule is Cc1ccc(C(=O)CN2CCN(c3ccccc3)CC2)cc1N. The molecule has 2 aromatic rings. The van der Waals surface area contributed by atoms with Crippen molar-refractivity contribution in [3.8, 4) is 0 Å². The number of para-hydroxylation sites is 1. The van der Waals surface area contributed by atoms with Crippen LogP contribution >= 0.6 is 0 Å². The van der Waals surface area contributed by atoms with Gasteiger partial charge < -0.3 is 10.6 Å². The lowest BCUT2D eigenvalue weighted by molar-refractivity contribution is 0.0926. The number of carbonyl (C=O) groups excluding carboxylic acids is 1. The van der Waals surface area contributed by atoms with Crippen molar-refractivity contribution in [3.63, 3.8) is 0 Å². The van der Waals surface area contributed by atoms with Crippen molar-refractivity contribution in [2.24, 2.45) is 0 Å². The number of benzene rings is 2. The summed E-state index contributed by atoms with van der Waals surface area (Å²) in [6.45, 7) is 6.13. The smallest absolute Gasteiger partial charge is 0.176 e. The van der Waals surface area contributed by atoms with Crippen LogP contribution in [0.15, 0.2) is 48.5 Å². The molecule has 1 heterocycles. The van der Waals surface area contributed by atoms with Crippen molar-refractivity contribution in [2.45, 2.75) is 6.92 Å². The van der Waals surface area contributed by atoms with Gasteiger partial charge in [-0.25, -0.2) is 0 Å². The molecule has 4 heteroatoms. The Hall–Kier alpha value is -2.33. The van der Waals surface area contributed by atoms with E-state index in [-0.39, 0.29) is 5.78 Å². The van der Waals surface area contributed by atoms with Crippen molar-refractivity contribution in [1.82, 2.24) is 4.90 Å². The Labute approximate surface area is 137 Å². The average Bonchev–Trinajstić information content (AvgIpc) is 2.59. The van der Waals surface area contributed by atoms with E-state index in [0.29, 0.717) is 17.8 Å². The van der Waals surface area contributed by atoms with E-state index in [1.165, 1.54) is 5.69 Å². The standard InChI is InChI=1S/C19H23N3O/c1-15-7-8-16(13-18(15)20)19(23)14-21-9-11-22(12-10-21)17-5-3-2-4-6-17/h2-8,13H,9-12,14,20H2,1H3. The molecule has 23 heavy (non-hydrogen) atoms. The third-order valence-electron chi connectivity index (χ3n) is 4.46. The Balaban J connectivity index is 1.56. The fourth-order valence-electron chi connectivity index (χ4n) is 2.91. The Bertz CT molecular complexity index is 676. The third kappa shape index (κ3) is 3.71. The average molecular weight is 309 g/mol. The minimum Gasteiger partial charge on any atom is -0.398 e. The number of Topliss-reactive ketones (excluding diaryl/α,β-unsaturated/α-hetero) is 1. The quantitative estimate of drug-likeness (QED) is 0.696. The van der Waals surface area contributed by atoms with Crippen molar-refractivity contribution < 1.29 is 4.79 Å². The molecule has 1 saturated heterocycles. The van der Waals surface area contributed by atoms with Crippen LogP contribution in [0.4, 0.5) is 11.4 Å². The second kappa shape index (κ2) is 6.84. The first-order valence-corrected chi connectivity index (χ1v) is 8.05. The highest BCUT2D eigenvalue weighted by atomic mass is 16.1. The Morgan fingerprint density at radius 2 is 1.74 bits per heavy atom. The summed E-state index contributed by atoms with van der Waals surface area (Å²) < 4.78 is 0. The van der Waals surface area contributed by atoms with E-state index < -0.39 is 0 Å². The van der Waals surface area contributed by atoms with Crippen LogP contribution in [0.25, 0.3) is 0 Å². The monoisotopic (exact) mass is 309 g/mol. The van der Waals surface area contributed by atoms with Crippen LogP contribution in [0.1, 0.15) is 15.9 Å². The second-order valence-corrected chi connectivity index (χ2v) is 6.09. The molecule has 3 rings (SSSR count). The summed E-state index contributed by atoms with van der Waals surface area (Å²) in [6, 6.07) is 16.0. The highest BCUT2D eigenvalue weighted by molar-refractivity contribution is 5.98. The molecular formula is C19H23N3O. The van der Waals surface area contributed by atoms with E-state index >= 15 is 0 Å². The van der Waals surface area contributed by atoms with Gasteiger partial charge in [0.25, 0.3) is 0 Å². The summed E-state index contributed by atoms with van der Waals surface area (Å²) in [7, 11) is 0. The van der Waals surface area contributed by atoms with Gasteiger partial charge in [-0.3, -0.25) is 9.69 Å². The van der Waals surface area contributed by atoms with Gasteiger partial charge >= 0.3 is 0 Å². The summed E-state index contributed by atoms with van der Waals surface area (Å²) in [5.74, 6) is 0.143. The van der Waals surface area contributed by atoms with Crippen LogP contribution < -0.4 is 10.6 Å². The predicted octanol–water partition coefficient (Wildman–Crippen LogP) is 2.58. The number of nitrogens with two attached hydrogens (primary N) is 1. The number of carbonyl (C=O) groups is 1. The number of rotatable bonds is 4. The number of hydrogen-bond acceptors (Lipinski definition) is 4. The van der Waals surface area contributed by atoms with E-state index in [9.17, 15) is 4.79 Å². The summed E-state index contributed by atoms with van der Waals surface area (Å²) in [5.41, 5.74) is 9.56. The van der Waals surface area contributed by atoms with Crippen LogP contribution in [-0.2, 0) is 0 Å². The zero-order chi connectivity index (χ0) is 16.2. The normalized spacial score (nSPS) is 15.6. The summed E-state index contributed by atoms with van der Waals surface area (Å²) in [5, 5.41) is 0. The molecular weight excluding hydrogens is 286 g/mol. The zero-order valence-corrected chi connectivity index (χ0v) is 13.5. The van der Waals surface area contributed by atoms with Crippen molar-refractivity contribution in [1.29, 1.82) is 0 Å². The molecule has 1 aliphatic heterocycles. The summed E-state index contributed by atoms with van der Waals surface area (Å²) in [6.07, 6.45) is 0. The number of nitrogen functional groups attached to an aromatic ring is 1.